The standard InChI is InChI=1S/C18H25NO2/c1-13-10-19(12-18(2,3)21-13)11-17(20)16-8-7-14-5-4-6-15(14)9-16/h7-9,13H,4-6,10-12H2,1-3H3. The predicted octanol–water partition coefficient (Wildman–Crippen LogP) is 2.86. The minimum absolute atomic E-state index is 0.171. The van der Waals surface area contributed by atoms with Crippen LogP contribution in [0.5, 0.6) is 0 Å². The summed E-state index contributed by atoms with van der Waals surface area (Å²) in [5.74, 6) is 0.231. The number of rotatable bonds is 3. The Balaban J connectivity index is 1.69. The molecule has 3 heteroatoms. The third kappa shape index (κ3) is 3.35. The minimum atomic E-state index is -0.171. The number of aryl methyl sites for hydroxylation is 2. The van der Waals surface area contributed by atoms with Gasteiger partial charge in [-0.25, -0.2) is 0 Å². The number of hydrogen-bond donors (Lipinski definition) is 0. The molecule has 0 bridgehead atoms. The van der Waals surface area contributed by atoms with Crippen LogP contribution >= 0.6 is 0 Å². The van der Waals surface area contributed by atoms with E-state index in [9.17, 15) is 4.79 Å². The highest BCUT2D eigenvalue weighted by atomic mass is 16.5. The zero-order valence-corrected chi connectivity index (χ0v) is 13.3. The van der Waals surface area contributed by atoms with Crippen LogP contribution in [-0.4, -0.2) is 42.0 Å². The highest BCUT2D eigenvalue weighted by Crippen LogP contribution is 2.24. The smallest absolute Gasteiger partial charge is 0.176 e. The summed E-state index contributed by atoms with van der Waals surface area (Å²) < 4.78 is 5.90. The second-order valence-corrected chi connectivity index (χ2v) is 7.12. The Morgan fingerprint density at radius 2 is 2.10 bits per heavy atom. The third-order valence-electron chi connectivity index (χ3n) is 4.43. The van der Waals surface area contributed by atoms with E-state index in [0.29, 0.717) is 6.54 Å². The van der Waals surface area contributed by atoms with Gasteiger partial charge in [0.25, 0.3) is 0 Å². The molecule has 1 aromatic carbocycles. The third-order valence-corrected chi connectivity index (χ3v) is 4.43. The minimum Gasteiger partial charge on any atom is -0.370 e. The van der Waals surface area contributed by atoms with Gasteiger partial charge in [-0.05, 0) is 57.2 Å². The summed E-state index contributed by atoms with van der Waals surface area (Å²) >= 11 is 0. The molecule has 3 nitrogen and oxygen atoms in total. The molecule has 0 saturated carbocycles. The Labute approximate surface area is 127 Å². The molecule has 0 radical (unpaired) electrons. The highest BCUT2D eigenvalue weighted by molar-refractivity contribution is 5.97. The molecule has 1 aliphatic carbocycles. The fraction of sp³-hybridized carbons (Fsp3) is 0.611. The lowest BCUT2D eigenvalue weighted by Crippen LogP contribution is -2.53. The first kappa shape index (κ1) is 14.7. The van der Waals surface area contributed by atoms with E-state index in [1.54, 1.807) is 0 Å². The van der Waals surface area contributed by atoms with Crippen molar-refractivity contribution >= 4 is 5.78 Å². The number of Topliss-reactive ketones (excluding diaryl/α,β-unsaturated/α-hetero) is 1. The van der Waals surface area contributed by atoms with E-state index in [4.69, 9.17) is 4.74 Å². The molecular weight excluding hydrogens is 262 g/mol. The number of ether oxygens (including phenoxy) is 1. The number of benzene rings is 1. The molecule has 0 spiro atoms. The van der Waals surface area contributed by atoms with Crippen LogP contribution in [0.3, 0.4) is 0 Å². The van der Waals surface area contributed by atoms with Gasteiger partial charge in [-0.15, -0.1) is 0 Å². The van der Waals surface area contributed by atoms with Crippen LogP contribution in [0.25, 0.3) is 0 Å². The fourth-order valence-corrected chi connectivity index (χ4v) is 3.75. The van der Waals surface area contributed by atoms with Gasteiger partial charge in [-0.3, -0.25) is 9.69 Å². The lowest BCUT2D eigenvalue weighted by atomic mass is 10.0. The van der Waals surface area contributed by atoms with Crippen molar-refractivity contribution < 1.29 is 9.53 Å². The van der Waals surface area contributed by atoms with Crippen LogP contribution in [0.4, 0.5) is 0 Å². The number of morpholine rings is 1. The van der Waals surface area contributed by atoms with E-state index in [1.807, 2.05) is 6.07 Å². The topological polar surface area (TPSA) is 29.5 Å². The summed E-state index contributed by atoms with van der Waals surface area (Å²) in [5, 5.41) is 0. The van der Waals surface area contributed by atoms with Crippen LogP contribution in [0.1, 0.15) is 48.7 Å². The molecule has 1 unspecified atom stereocenters. The molecule has 1 heterocycles. The predicted molar refractivity (Wildman–Crippen MR) is 83.9 cm³/mol. The first-order valence-corrected chi connectivity index (χ1v) is 7.98. The summed E-state index contributed by atoms with van der Waals surface area (Å²) in [5.41, 5.74) is 3.49. The first-order chi connectivity index (χ1) is 9.93. The Kier molecular flexibility index (Phi) is 3.89. The van der Waals surface area contributed by atoms with E-state index in [2.05, 4.69) is 37.8 Å². The molecule has 2 aliphatic rings. The molecule has 1 aliphatic heterocycles. The van der Waals surface area contributed by atoms with Gasteiger partial charge in [0.1, 0.15) is 0 Å². The van der Waals surface area contributed by atoms with E-state index < -0.39 is 0 Å². The van der Waals surface area contributed by atoms with Crippen molar-refractivity contribution in [3.63, 3.8) is 0 Å². The zero-order valence-electron chi connectivity index (χ0n) is 13.3. The molecule has 0 N–H and O–H groups in total. The van der Waals surface area contributed by atoms with Crippen molar-refractivity contribution in [3.05, 3.63) is 34.9 Å². The Bertz CT molecular complexity index is 550. The number of nitrogens with zero attached hydrogens (tertiary/aromatic N) is 1. The van der Waals surface area contributed by atoms with Gasteiger partial charge in [0.2, 0.25) is 0 Å². The van der Waals surface area contributed by atoms with Gasteiger partial charge in [0.05, 0.1) is 18.2 Å². The Hall–Kier alpha value is -1.19. The SMILES string of the molecule is CC1CN(CC(=O)c2ccc3c(c2)CCC3)CC(C)(C)O1. The Morgan fingerprint density at radius 1 is 1.33 bits per heavy atom. The van der Waals surface area contributed by atoms with Crippen molar-refractivity contribution in [1.82, 2.24) is 4.90 Å². The number of hydrogen-bond acceptors (Lipinski definition) is 3. The van der Waals surface area contributed by atoms with Crippen molar-refractivity contribution in [1.29, 1.82) is 0 Å². The molecule has 1 saturated heterocycles. The molecule has 0 aromatic heterocycles. The lowest BCUT2D eigenvalue weighted by molar-refractivity contribution is -0.126. The van der Waals surface area contributed by atoms with E-state index >= 15 is 0 Å². The number of carbonyl (C=O) groups is 1. The molecule has 1 atom stereocenters. The maximum atomic E-state index is 12.5. The van der Waals surface area contributed by atoms with Gasteiger partial charge >= 0.3 is 0 Å². The summed E-state index contributed by atoms with van der Waals surface area (Å²) in [6.45, 7) is 8.41. The number of carbonyl (C=O) groups excluding carboxylic acids is 1. The number of fused-ring (bicyclic) bond motifs is 1. The van der Waals surface area contributed by atoms with Crippen LogP contribution in [0, 0.1) is 0 Å². The van der Waals surface area contributed by atoms with Gasteiger partial charge in [0, 0.05) is 18.7 Å². The van der Waals surface area contributed by atoms with Crippen LogP contribution in [-0.2, 0) is 17.6 Å². The van der Waals surface area contributed by atoms with E-state index in [-0.39, 0.29) is 17.5 Å². The largest absolute Gasteiger partial charge is 0.370 e. The van der Waals surface area contributed by atoms with Gasteiger partial charge in [0.15, 0.2) is 5.78 Å². The van der Waals surface area contributed by atoms with Gasteiger partial charge < -0.3 is 4.74 Å². The average Bonchev–Trinajstić information content (AvgIpc) is 2.82. The average molecular weight is 287 g/mol. The summed E-state index contributed by atoms with van der Waals surface area (Å²) in [7, 11) is 0. The highest BCUT2D eigenvalue weighted by Gasteiger charge is 2.32. The van der Waals surface area contributed by atoms with E-state index in [1.165, 1.54) is 24.0 Å². The summed E-state index contributed by atoms with van der Waals surface area (Å²) in [6, 6.07) is 6.25. The monoisotopic (exact) mass is 287 g/mol. The first-order valence-electron chi connectivity index (χ1n) is 7.98. The second-order valence-electron chi connectivity index (χ2n) is 7.12. The molecule has 114 valence electrons. The zero-order chi connectivity index (χ0) is 15.0. The van der Waals surface area contributed by atoms with E-state index in [0.717, 1.165) is 25.1 Å². The van der Waals surface area contributed by atoms with Crippen molar-refractivity contribution in [2.45, 2.75) is 51.7 Å². The van der Waals surface area contributed by atoms with Crippen LogP contribution in [0.2, 0.25) is 0 Å². The molecule has 1 aromatic rings. The van der Waals surface area contributed by atoms with Crippen molar-refractivity contribution in [3.8, 4) is 0 Å². The Morgan fingerprint density at radius 3 is 2.86 bits per heavy atom. The fourth-order valence-electron chi connectivity index (χ4n) is 3.75. The molecule has 0 amide bonds. The number of ketones is 1. The molecule has 1 fully saturated rings. The molecule has 21 heavy (non-hydrogen) atoms. The summed E-state index contributed by atoms with van der Waals surface area (Å²) in [4.78, 5) is 14.8. The normalized spacial score (nSPS) is 24.8. The second kappa shape index (κ2) is 5.54. The van der Waals surface area contributed by atoms with Crippen molar-refractivity contribution in [2.24, 2.45) is 0 Å². The van der Waals surface area contributed by atoms with Gasteiger partial charge in [-0.1, -0.05) is 12.1 Å². The maximum Gasteiger partial charge on any atom is 0.176 e. The molecular formula is C18H25NO2. The van der Waals surface area contributed by atoms with Gasteiger partial charge in [-0.2, -0.15) is 0 Å². The quantitative estimate of drug-likeness (QED) is 0.801. The maximum absolute atomic E-state index is 12.5. The van der Waals surface area contributed by atoms with Crippen molar-refractivity contribution in [2.75, 3.05) is 19.6 Å². The lowest BCUT2D eigenvalue weighted by Gasteiger charge is -2.41. The molecule has 3 rings (SSSR count). The van der Waals surface area contributed by atoms with Crippen LogP contribution < -0.4 is 0 Å². The van der Waals surface area contributed by atoms with Crippen LogP contribution in [0.15, 0.2) is 18.2 Å². The summed E-state index contributed by atoms with van der Waals surface area (Å²) in [6.07, 6.45) is 3.70.